The Labute approximate surface area is 362 Å². The zero-order chi connectivity index (χ0) is 44.1. The number of rotatable bonds is 9. The van der Waals surface area contributed by atoms with Crippen LogP contribution >= 0.6 is 0 Å². The number of carbonyl (C=O) groups excluding carboxylic acids is 4. The van der Waals surface area contributed by atoms with Gasteiger partial charge >= 0.3 is 12.2 Å². The Morgan fingerprint density at radius 2 is 1.49 bits per heavy atom. The molecule has 4 N–H and O–H groups in total. The Kier molecular flexibility index (Phi) is 9.64. The van der Waals surface area contributed by atoms with Gasteiger partial charge in [-0.15, -0.1) is 0 Å². The topological polar surface area (TPSA) is 175 Å². The third kappa shape index (κ3) is 6.79. The number of amides is 4. The average Bonchev–Trinajstić information content (AvgIpc) is 3.93. The highest BCUT2D eigenvalue weighted by Gasteiger charge is 2.55. The number of nitrogens with zero attached hydrogens (tertiary/aromatic N) is 4. The van der Waals surface area contributed by atoms with Crippen molar-refractivity contribution in [2.45, 2.75) is 95.4 Å². The first kappa shape index (κ1) is 40.7. The number of fused-ring (bicyclic) bond motifs is 6. The van der Waals surface area contributed by atoms with Crippen molar-refractivity contribution < 1.29 is 37.4 Å². The lowest BCUT2D eigenvalue weighted by Gasteiger charge is -2.35. The first-order valence-electron chi connectivity index (χ1n) is 21.7. The van der Waals surface area contributed by atoms with Crippen LogP contribution in [0.4, 0.5) is 18.4 Å². The van der Waals surface area contributed by atoms with Crippen LogP contribution in [-0.4, -0.2) is 92.6 Å². The molecule has 6 atom stereocenters. The van der Waals surface area contributed by atoms with Crippen LogP contribution < -0.4 is 10.6 Å². The van der Waals surface area contributed by atoms with Crippen molar-refractivity contribution in [3.63, 3.8) is 0 Å². The van der Waals surface area contributed by atoms with Crippen molar-refractivity contribution in [1.82, 2.24) is 40.4 Å². The van der Waals surface area contributed by atoms with E-state index < -0.39 is 30.2 Å². The maximum absolute atomic E-state index is 16.6. The summed E-state index contributed by atoms with van der Waals surface area (Å²) in [6, 6.07) is 13.8. The lowest BCUT2D eigenvalue weighted by atomic mass is 9.97. The summed E-state index contributed by atoms with van der Waals surface area (Å²) in [7, 11) is 2.52. The van der Waals surface area contributed by atoms with E-state index in [9.17, 15) is 19.2 Å². The fraction of sp³-hybridized carbons (Fsp3) is 0.447. The van der Waals surface area contributed by atoms with E-state index in [1.165, 1.54) is 20.3 Å². The van der Waals surface area contributed by atoms with E-state index >= 15 is 8.78 Å². The molecule has 2 bridgehead atoms. The number of alkyl halides is 2. The maximum atomic E-state index is 16.6. The molecule has 10 rings (SSSR count). The second kappa shape index (κ2) is 14.9. The van der Waals surface area contributed by atoms with E-state index in [4.69, 9.17) is 19.4 Å². The SMILES string of the molecule is COC(=O)N[C@@H](C)C(=O)N1[C@@H]2CC[C@@H](C2)[C@H]1c1nc2ccc(-c3ccc4c(c3)C(F)(F)c3cc(-c5cnc([C@@H]6CC7(CC7)CN6C(=O)[C@H](NC(=O)OC)C(C)C)[nH]5)ccc3-4)cc2[nH]1. The summed E-state index contributed by atoms with van der Waals surface area (Å²) in [4.78, 5) is 71.7. The standard InChI is InChI=1S/C47H50F2N8O6/c1-23(2)38(55-45(61)63-5)43(59)56-22-46(14-15-46)20-37(56)40-50-21-36(54-40)27-8-12-31-30-11-7-25(17-32(30)47(48,49)33(31)18-27)26-9-13-34-35(19-26)53-41(52-34)39-28-6-10-29(16-28)57(39)42(58)24(3)51-44(60)62-4/h7-9,11-13,17-19,21,23-24,28-29,37-39H,6,10,14-16,20,22H2,1-5H3,(H,50,54)(H,51,60)(H,52,53)(H,55,61)/t24-,28-,29+,37-,38+,39-/m0/s1. The van der Waals surface area contributed by atoms with Crippen LogP contribution in [0.3, 0.4) is 0 Å². The number of piperidine rings is 1. The van der Waals surface area contributed by atoms with Crippen molar-refractivity contribution in [2.75, 3.05) is 20.8 Å². The van der Waals surface area contributed by atoms with E-state index in [0.717, 1.165) is 49.6 Å². The highest BCUT2D eigenvalue weighted by atomic mass is 19.3. The molecule has 2 saturated heterocycles. The van der Waals surface area contributed by atoms with Crippen molar-refractivity contribution in [3.8, 4) is 33.5 Å². The molecule has 4 fully saturated rings. The number of hydrogen-bond acceptors (Lipinski definition) is 8. The molecule has 1 spiro atoms. The summed E-state index contributed by atoms with van der Waals surface area (Å²) in [5.41, 5.74) is 4.67. The molecule has 5 aromatic rings. The van der Waals surface area contributed by atoms with Gasteiger partial charge in [0.25, 0.3) is 5.92 Å². The molecule has 16 heteroatoms. The van der Waals surface area contributed by atoms with Crippen LogP contribution in [0.15, 0.2) is 60.8 Å². The number of nitrogens with one attached hydrogen (secondary N) is 4. The second-order valence-corrected chi connectivity index (χ2v) is 18.4. The number of ether oxygens (including phenoxy) is 2. The number of halogens is 2. The fourth-order valence-electron chi connectivity index (χ4n) is 10.7. The number of imidazole rings is 2. The van der Waals surface area contributed by atoms with E-state index in [1.807, 2.05) is 49.1 Å². The average molecular weight is 861 g/mol. The first-order valence-corrected chi connectivity index (χ1v) is 21.7. The van der Waals surface area contributed by atoms with Gasteiger partial charge in [-0.1, -0.05) is 44.2 Å². The second-order valence-electron chi connectivity index (χ2n) is 18.4. The highest BCUT2D eigenvalue weighted by molar-refractivity contribution is 5.89. The van der Waals surface area contributed by atoms with Gasteiger partial charge in [-0.2, -0.15) is 8.78 Å². The van der Waals surface area contributed by atoms with Crippen molar-refractivity contribution in [1.29, 1.82) is 0 Å². The highest BCUT2D eigenvalue weighted by Crippen LogP contribution is 2.59. The molecule has 0 unspecified atom stereocenters. The molecule has 63 heavy (non-hydrogen) atoms. The van der Waals surface area contributed by atoms with Gasteiger partial charge in [0.1, 0.15) is 23.7 Å². The first-order chi connectivity index (χ1) is 30.2. The van der Waals surface area contributed by atoms with E-state index in [2.05, 4.69) is 20.6 Å². The summed E-state index contributed by atoms with van der Waals surface area (Å²) >= 11 is 0. The van der Waals surface area contributed by atoms with Crippen LogP contribution in [0.2, 0.25) is 0 Å². The third-order valence-electron chi connectivity index (χ3n) is 14.2. The summed E-state index contributed by atoms with van der Waals surface area (Å²) < 4.78 is 42.8. The Balaban J connectivity index is 0.894. The van der Waals surface area contributed by atoms with Gasteiger partial charge in [-0.05, 0) is 109 Å². The number of aromatic nitrogens is 4. The monoisotopic (exact) mass is 860 g/mol. The lowest BCUT2D eigenvalue weighted by Crippen LogP contribution is -2.51. The quantitative estimate of drug-likeness (QED) is 0.115. The van der Waals surface area contributed by atoms with E-state index in [1.54, 1.807) is 36.2 Å². The molecule has 5 aliphatic rings. The van der Waals surface area contributed by atoms with Crippen LogP contribution in [0.25, 0.3) is 44.5 Å². The number of H-pyrrole nitrogens is 2. The summed E-state index contributed by atoms with van der Waals surface area (Å²) in [5.74, 6) is -2.39. The number of benzene rings is 3. The molecule has 2 aromatic heterocycles. The smallest absolute Gasteiger partial charge is 0.407 e. The molecule has 4 heterocycles. The Morgan fingerprint density at radius 1 is 0.825 bits per heavy atom. The van der Waals surface area contributed by atoms with Gasteiger partial charge in [0.15, 0.2) is 0 Å². The van der Waals surface area contributed by atoms with Crippen molar-refractivity contribution in [3.05, 3.63) is 83.6 Å². The minimum absolute atomic E-state index is 0.0115. The largest absolute Gasteiger partial charge is 0.453 e. The summed E-state index contributed by atoms with van der Waals surface area (Å²) in [5, 5.41) is 5.29. The molecular formula is C47H50F2N8O6. The number of hydrogen-bond donors (Lipinski definition) is 4. The number of likely N-dealkylation sites (tertiary alicyclic amines) is 2. The zero-order valence-electron chi connectivity index (χ0n) is 35.8. The predicted molar refractivity (Wildman–Crippen MR) is 228 cm³/mol. The molecule has 3 aliphatic carbocycles. The van der Waals surface area contributed by atoms with Crippen molar-refractivity contribution >= 4 is 35.0 Å². The van der Waals surface area contributed by atoms with Gasteiger partial charge in [0.05, 0.1) is 49.2 Å². The number of aromatic amines is 2. The molecule has 3 aromatic carbocycles. The Hall–Kier alpha value is -6.32. The van der Waals surface area contributed by atoms with Crippen LogP contribution in [-0.2, 0) is 25.0 Å². The van der Waals surface area contributed by atoms with Crippen LogP contribution in [0.1, 0.15) is 94.2 Å². The maximum Gasteiger partial charge on any atom is 0.407 e. The minimum atomic E-state index is -3.28. The third-order valence-corrected chi connectivity index (χ3v) is 14.2. The molecule has 328 valence electrons. The Bertz CT molecular complexity index is 2690. The van der Waals surface area contributed by atoms with Gasteiger partial charge in [0.2, 0.25) is 11.8 Å². The normalized spacial score (nSPS) is 23.2. The predicted octanol–water partition coefficient (Wildman–Crippen LogP) is 7.97. The van der Waals surface area contributed by atoms with Gasteiger partial charge < -0.3 is 39.9 Å². The minimum Gasteiger partial charge on any atom is -0.453 e. The fourth-order valence-corrected chi connectivity index (χ4v) is 10.7. The lowest BCUT2D eigenvalue weighted by molar-refractivity contribution is -0.138. The molecule has 2 saturated carbocycles. The van der Waals surface area contributed by atoms with Gasteiger partial charge in [-0.3, -0.25) is 9.59 Å². The number of alkyl carbamates (subject to hydrolysis) is 2. The van der Waals surface area contributed by atoms with Gasteiger partial charge in [-0.25, -0.2) is 19.6 Å². The molecular weight excluding hydrogens is 811 g/mol. The molecule has 2 aliphatic heterocycles. The summed E-state index contributed by atoms with van der Waals surface area (Å²) in [6.45, 7) is 5.95. The number of methoxy groups -OCH3 is 2. The van der Waals surface area contributed by atoms with E-state index in [-0.39, 0.29) is 58.3 Å². The number of carbonyl (C=O) groups is 4. The molecule has 0 radical (unpaired) electrons. The van der Waals surface area contributed by atoms with Crippen molar-refractivity contribution in [2.24, 2.45) is 17.3 Å². The van der Waals surface area contributed by atoms with Gasteiger partial charge in [0, 0.05) is 29.3 Å². The van der Waals surface area contributed by atoms with Crippen LogP contribution in [0, 0.1) is 17.3 Å². The molecule has 14 nitrogen and oxygen atoms in total. The van der Waals surface area contributed by atoms with Crippen LogP contribution in [0.5, 0.6) is 0 Å². The Morgan fingerprint density at radius 3 is 2.19 bits per heavy atom. The van der Waals surface area contributed by atoms with E-state index in [0.29, 0.717) is 51.7 Å². The summed E-state index contributed by atoms with van der Waals surface area (Å²) in [6.07, 6.45) is 5.74. The molecule has 4 amide bonds. The zero-order valence-corrected chi connectivity index (χ0v) is 35.8.